The van der Waals surface area contributed by atoms with E-state index in [-0.39, 0.29) is 0 Å². The molecule has 0 fully saturated rings. The van der Waals surface area contributed by atoms with Crippen LogP contribution in [-0.2, 0) is 7.05 Å². The van der Waals surface area contributed by atoms with E-state index in [9.17, 15) is 0 Å². The van der Waals surface area contributed by atoms with E-state index in [0.29, 0.717) is 0 Å². The fourth-order valence-corrected chi connectivity index (χ4v) is 1.56. The van der Waals surface area contributed by atoms with Crippen LogP contribution >= 0.6 is 38.5 Å². The Kier molecular flexibility index (Phi) is 1.97. The molecular formula is C5H5BrIN. The lowest BCUT2D eigenvalue weighted by atomic mass is 10.7. The van der Waals surface area contributed by atoms with Crippen LogP contribution in [0.2, 0.25) is 0 Å². The maximum absolute atomic E-state index is 3.37. The third kappa shape index (κ3) is 1.07. The summed E-state index contributed by atoms with van der Waals surface area (Å²) in [5.41, 5.74) is 0. The molecule has 0 amide bonds. The van der Waals surface area contributed by atoms with Crippen molar-refractivity contribution in [2.75, 3.05) is 0 Å². The second-order valence-corrected chi connectivity index (χ2v) is 3.46. The lowest BCUT2D eigenvalue weighted by Crippen LogP contribution is -1.88. The van der Waals surface area contributed by atoms with E-state index in [1.807, 2.05) is 13.1 Å². The molecule has 0 atom stereocenters. The van der Waals surface area contributed by atoms with Gasteiger partial charge >= 0.3 is 0 Å². The Morgan fingerprint density at radius 1 is 1.62 bits per heavy atom. The molecule has 1 aromatic heterocycles. The quantitative estimate of drug-likeness (QED) is 0.645. The highest BCUT2D eigenvalue weighted by atomic mass is 127. The van der Waals surface area contributed by atoms with E-state index in [0.717, 1.165) is 4.60 Å². The van der Waals surface area contributed by atoms with Crippen molar-refractivity contribution in [3.63, 3.8) is 0 Å². The van der Waals surface area contributed by atoms with Gasteiger partial charge in [0.15, 0.2) is 0 Å². The highest BCUT2D eigenvalue weighted by Gasteiger charge is 1.94. The Bertz CT molecular complexity index is 175. The van der Waals surface area contributed by atoms with Crippen molar-refractivity contribution in [1.82, 2.24) is 4.57 Å². The first-order chi connectivity index (χ1) is 3.72. The maximum Gasteiger partial charge on any atom is 0.0852 e. The molecule has 8 heavy (non-hydrogen) atoms. The summed E-state index contributed by atoms with van der Waals surface area (Å²) in [6, 6.07) is 4.09. The first kappa shape index (κ1) is 6.61. The van der Waals surface area contributed by atoms with Crippen LogP contribution in [0.4, 0.5) is 0 Å². The predicted octanol–water partition coefficient (Wildman–Crippen LogP) is 2.39. The predicted molar refractivity (Wildman–Crippen MR) is 45.8 cm³/mol. The summed E-state index contributed by atoms with van der Waals surface area (Å²) in [4.78, 5) is 0. The molecule has 44 valence electrons. The van der Waals surface area contributed by atoms with Crippen molar-refractivity contribution in [3.05, 3.63) is 20.4 Å². The SMILES string of the molecule is Cn1c(Br)ccc1I. The van der Waals surface area contributed by atoms with Gasteiger partial charge in [-0.1, -0.05) is 0 Å². The molecule has 0 unspecified atom stereocenters. The average Bonchev–Trinajstić information content (AvgIpc) is 1.98. The van der Waals surface area contributed by atoms with Crippen LogP contribution in [0.15, 0.2) is 16.7 Å². The number of nitrogens with zero attached hydrogens (tertiary/aromatic N) is 1. The number of hydrogen-bond donors (Lipinski definition) is 0. The molecule has 0 aromatic carbocycles. The molecule has 1 nitrogen and oxygen atoms in total. The zero-order valence-electron chi connectivity index (χ0n) is 4.36. The largest absolute Gasteiger partial charge is 0.334 e. The van der Waals surface area contributed by atoms with Crippen LogP contribution in [0.5, 0.6) is 0 Å². The molecule has 1 aromatic rings. The number of aromatic nitrogens is 1. The summed E-state index contributed by atoms with van der Waals surface area (Å²) in [5, 5.41) is 0. The van der Waals surface area contributed by atoms with Gasteiger partial charge in [-0.2, -0.15) is 0 Å². The Morgan fingerprint density at radius 3 is 2.38 bits per heavy atom. The van der Waals surface area contributed by atoms with E-state index in [1.165, 1.54) is 3.70 Å². The normalized spacial score (nSPS) is 9.88. The second-order valence-electron chi connectivity index (χ2n) is 1.54. The van der Waals surface area contributed by atoms with Crippen LogP contribution < -0.4 is 0 Å². The molecule has 1 rings (SSSR count). The number of halogens is 2. The van der Waals surface area contributed by atoms with Gasteiger partial charge in [0, 0.05) is 7.05 Å². The number of hydrogen-bond acceptors (Lipinski definition) is 0. The van der Waals surface area contributed by atoms with E-state index >= 15 is 0 Å². The maximum atomic E-state index is 3.37. The van der Waals surface area contributed by atoms with Crippen molar-refractivity contribution in [2.45, 2.75) is 0 Å². The standard InChI is InChI=1S/C5H5BrIN/c1-8-4(6)2-3-5(8)7/h2-3H,1H3. The fourth-order valence-electron chi connectivity index (χ4n) is 0.463. The molecule has 1 heterocycles. The van der Waals surface area contributed by atoms with Gasteiger partial charge in [-0.25, -0.2) is 0 Å². The van der Waals surface area contributed by atoms with Crippen molar-refractivity contribution in [3.8, 4) is 0 Å². The summed E-state index contributed by atoms with van der Waals surface area (Å²) in [5.74, 6) is 0. The van der Waals surface area contributed by atoms with E-state index < -0.39 is 0 Å². The van der Waals surface area contributed by atoms with Crippen molar-refractivity contribution in [2.24, 2.45) is 7.05 Å². The minimum atomic E-state index is 1.13. The lowest BCUT2D eigenvalue weighted by molar-refractivity contribution is 0.874. The smallest absolute Gasteiger partial charge is 0.0852 e. The molecule has 0 saturated carbocycles. The van der Waals surface area contributed by atoms with Gasteiger partial charge < -0.3 is 4.57 Å². The highest BCUT2D eigenvalue weighted by molar-refractivity contribution is 14.1. The molecule has 0 aliphatic carbocycles. The lowest BCUT2D eigenvalue weighted by Gasteiger charge is -1.93. The molecule has 0 aliphatic heterocycles. The molecule has 0 aliphatic rings. The number of rotatable bonds is 0. The van der Waals surface area contributed by atoms with E-state index in [1.54, 1.807) is 0 Å². The minimum Gasteiger partial charge on any atom is -0.334 e. The van der Waals surface area contributed by atoms with Crippen LogP contribution in [0, 0.1) is 3.70 Å². The van der Waals surface area contributed by atoms with Gasteiger partial charge in [0.05, 0.1) is 8.30 Å². The summed E-state index contributed by atoms with van der Waals surface area (Å²) in [6.07, 6.45) is 0. The van der Waals surface area contributed by atoms with Crippen molar-refractivity contribution < 1.29 is 0 Å². The average molecular weight is 286 g/mol. The Hall–Kier alpha value is 0.490. The summed E-state index contributed by atoms with van der Waals surface area (Å²) >= 11 is 5.65. The van der Waals surface area contributed by atoms with Crippen molar-refractivity contribution in [1.29, 1.82) is 0 Å². The van der Waals surface area contributed by atoms with Crippen LogP contribution in [0.25, 0.3) is 0 Å². The van der Waals surface area contributed by atoms with Crippen molar-refractivity contribution >= 4 is 38.5 Å². The van der Waals surface area contributed by atoms with Gasteiger partial charge in [-0.05, 0) is 50.7 Å². The van der Waals surface area contributed by atoms with Gasteiger partial charge in [-0.15, -0.1) is 0 Å². The summed E-state index contributed by atoms with van der Waals surface area (Å²) < 4.78 is 4.44. The molecule has 0 spiro atoms. The fraction of sp³-hybridized carbons (Fsp3) is 0.200. The molecule has 0 radical (unpaired) electrons. The monoisotopic (exact) mass is 285 g/mol. The summed E-state index contributed by atoms with van der Waals surface area (Å²) in [6.45, 7) is 0. The van der Waals surface area contributed by atoms with E-state index in [4.69, 9.17) is 0 Å². The van der Waals surface area contributed by atoms with Gasteiger partial charge in [-0.3, -0.25) is 0 Å². The summed E-state index contributed by atoms with van der Waals surface area (Å²) in [7, 11) is 2.02. The van der Waals surface area contributed by atoms with E-state index in [2.05, 4.69) is 49.2 Å². The third-order valence-electron chi connectivity index (χ3n) is 0.999. The Morgan fingerprint density at radius 2 is 2.25 bits per heavy atom. The Balaban J connectivity index is 3.19. The zero-order chi connectivity index (χ0) is 6.15. The van der Waals surface area contributed by atoms with Gasteiger partial charge in [0.2, 0.25) is 0 Å². The topological polar surface area (TPSA) is 4.93 Å². The third-order valence-corrected chi connectivity index (χ3v) is 2.88. The van der Waals surface area contributed by atoms with Crippen LogP contribution in [0.1, 0.15) is 0 Å². The first-order valence-corrected chi connectivity index (χ1v) is 4.05. The Labute approximate surface area is 70.3 Å². The zero-order valence-corrected chi connectivity index (χ0v) is 8.10. The van der Waals surface area contributed by atoms with Crippen LogP contribution in [0.3, 0.4) is 0 Å². The molecular weight excluding hydrogens is 281 g/mol. The van der Waals surface area contributed by atoms with Gasteiger partial charge in [0.25, 0.3) is 0 Å². The molecule has 3 heteroatoms. The van der Waals surface area contributed by atoms with Crippen LogP contribution in [-0.4, -0.2) is 4.57 Å². The molecule has 0 saturated heterocycles. The molecule has 0 N–H and O–H groups in total. The first-order valence-electron chi connectivity index (χ1n) is 2.18. The molecule has 0 bridgehead atoms. The van der Waals surface area contributed by atoms with Gasteiger partial charge in [0.1, 0.15) is 0 Å². The minimum absolute atomic E-state index is 1.13. The highest BCUT2D eigenvalue weighted by Crippen LogP contribution is 2.14. The second kappa shape index (κ2) is 2.39.